The SMILES string of the molecule is CCn1c(-c2cccnc2[C@H](C)OC)c2c3cc(ccc31)-c1cc(O)cc(c1)C[C@H](NC(=O)C(C1CCCC1)N1CC[C@]3(CCNC3)C1=O)C(=O)N1CCC[C@H](N1)C(=O)OCC(C)(C)C2. The summed E-state index contributed by atoms with van der Waals surface area (Å²) >= 11 is 0. The van der Waals surface area contributed by atoms with Crippen LogP contribution in [0.15, 0.2) is 54.7 Å². The number of amides is 3. The molecule has 4 aliphatic heterocycles. The van der Waals surface area contributed by atoms with Crippen LogP contribution >= 0.6 is 0 Å². The number of aromatic hydroxyl groups is 1. The lowest BCUT2D eigenvalue weighted by Gasteiger charge is -2.37. The normalized spacial score (nSPS) is 25.0. The predicted molar refractivity (Wildman–Crippen MR) is 247 cm³/mol. The topological polar surface area (TPSA) is 167 Å². The van der Waals surface area contributed by atoms with E-state index in [-0.39, 0.29) is 42.6 Å². The number of likely N-dealkylation sites (tertiary alicyclic amines) is 1. The number of fused-ring (bicyclic) bond motifs is 6. The standard InChI is InChI=1S/C51H65N7O7/c1-6-56-42-16-15-34-27-38(42)39(45(56)37-13-9-19-53-43(37)31(2)64-5)28-50(3,4)30-65-48(62)40-14-10-21-58(55-40)47(61)41(25-32-23-35(34)26-36(59)24-32)54-46(60)44(33-11-7-8-12-33)57-22-18-51(49(57)63)17-20-52-29-51/h9,13,15-16,19,23-24,26-27,31,33,40-41,44,52,55,59H,6-8,10-12,14,17-18,20-22,25,28-30H2,1-5H3,(H,54,60)/t31-,40-,41-,44?,51-/m0/s1. The first-order valence-electron chi connectivity index (χ1n) is 23.8. The van der Waals surface area contributed by atoms with Crippen LogP contribution in [0.2, 0.25) is 0 Å². The summed E-state index contributed by atoms with van der Waals surface area (Å²) < 4.78 is 14.3. The van der Waals surface area contributed by atoms with Crippen molar-refractivity contribution in [1.82, 2.24) is 35.5 Å². The first-order valence-corrected chi connectivity index (χ1v) is 23.8. The molecule has 1 saturated carbocycles. The molecule has 0 radical (unpaired) electrons. The Morgan fingerprint density at radius 3 is 2.60 bits per heavy atom. The predicted octanol–water partition coefficient (Wildman–Crippen LogP) is 6.22. The summed E-state index contributed by atoms with van der Waals surface area (Å²) in [7, 11) is 1.69. The molecule has 2 aromatic heterocycles. The summed E-state index contributed by atoms with van der Waals surface area (Å²) in [4.78, 5) is 64.5. The van der Waals surface area contributed by atoms with Gasteiger partial charge in [0, 0.05) is 67.8 Å². The second-order valence-corrected chi connectivity index (χ2v) is 20.0. The van der Waals surface area contributed by atoms with Crippen molar-refractivity contribution in [3.05, 3.63) is 71.5 Å². The Bertz CT molecular complexity index is 2470. The number of methoxy groups -OCH3 is 1. The number of carbonyl (C=O) groups excluding carboxylic acids is 4. The minimum Gasteiger partial charge on any atom is -0.508 e. The minimum absolute atomic E-state index is 0.0160. The van der Waals surface area contributed by atoms with Crippen LogP contribution in [0.5, 0.6) is 5.75 Å². The van der Waals surface area contributed by atoms with E-state index in [4.69, 9.17) is 14.5 Å². The molecule has 1 spiro atoms. The Morgan fingerprint density at radius 1 is 1.03 bits per heavy atom. The summed E-state index contributed by atoms with van der Waals surface area (Å²) in [6, 6.07) is 13.2. The number of phenolic OH excluding ortho intramolecular Hbond substituents is 1. The van der Waals surface area contributed by atoms with Crippen LogP contribution in [0.4, 0.5) is 0 Å². The zero-order chi connectivity index (χ0) is 45.6. The van der Waals surface area contributed by atoms with E-state index in [1.165, 1.54) is 5.01 Å². The van der Waals surface area contributed by atoms with Gasteiger partial charge in [0.15, 0.2) is 0 Å². The average Bonchev–Trinajstić information content (AvgIpc) is 4.13. The number of hydrazine groups is 1. The van der Waals surface area contributed by atoms with Gasteiger partial charge in [-0.25, -0.2) is 5.43 Å². The van der Waals surface area contributed by atoms with Gasteiger partial charge < -0.3 is 34.7 Å². The highest BCUT2D eigenvalue weighted by atomic mass is 16.5. The molecule has 5 atom stereocenters. The highest BCUT2D eigenvalue weighted by molar-refractivity contribution is 5.96. The largest absolute Gasteiger partial charge is 0.508 e. The molecule has 6 heterocycles. The van der Waals surface area contributed by atoms with Gasteiger partial charge in [-0.15, -0.1) is 0 Å². The third-order valence-corrected chi connectivity index (χ3v) is 14.9. The molecule has 14 nitrogen and oxygen atoms in total. The van der Waals surface area contributed by atoms with Crippen LogP contribution in [-0.4, -0.2) is 106 Å². The monoisotopic (exact) mass is 887 g/mol. The van der Waals surface area contributed by atoms with E-state index in [2.05, 4.69) is 65.7 Å². The fourth-order valence-electron chi connectivity index (χ4n) is 11.5. The second kappa shape index (κ2) is 18.2. The van der Waals surface area contributed by atoms with Gasteiger partial charge in [0.25, 0.3) is 5.91 Å². The number of nitrogens with one attached hydrogen (secondary N) is 3. The van der Waals surface area contributed by atoms with E-state index >= 15 is 0 Å². The number of phenols is 1. The number of esters is 1. The van der Waals surface area contributed by atoms with E-state index < -0.39 is 40.8 Å². The number of nitrogens with zero attached hydrogens (tertiary/aromatic N) is 4. The van der Waals surface area contributed by atoms with Gasteiger partial charge in [0.1, 0.15) is 23.9 Å². The summed E-state index contributed by atoms with van der Waals surface area (Å²) in [5.41, 5.74) is 9.40. The number of rotatable bonds is 8. The van der Waals surface area contributed by atoms with Crippen LogP contribution in [-0.2, 0) is 48.0 Å². The van der Waals surface area contributed by atoms with E-state index in [0.29, 0.717) is 57.4 Å². The van der Waals surface area contributed by atoms with Crippen molar-refractivity contribution in [3.8, 4) is 28.1 Å². The lowest BCUT2D eigenvalue weighted by atomic mass is 9.84. The summed E-state index contributed by atoms with van der Waals surface area (Å²) in [6.45, 7) is 11.4. The number of hydrogen-bond donors (Lipinski definition) is 4. The number of ether oxygens (including phenoxy) is 2. The van der Waals surface area contributed by atoms with E-state index in [1.807, 2.05) is 19.1 Å². The molecule has 3 saturated heterocycles. The molecular formula is C51H65N7O7. The fraction of sp³-hybridized carbons (Fsp3) is 0.549. The van der Waals surface area contributed by atoms with Crippen LogP contribution in [0.3, 0.4) is 0 Å². The zero-order valence-corrected chi connectivity index (χ0v) is 38.6. The lowest BCUT2D eigenvalue weighted by Crippen LogP contribution is -2.62. The van der Waals surface area contributed by atoms with E-state index in [0.717, 1.165) is 83.2 Å². The van der Waals surface area contributed by atoms with Crippen LogP contribution < -0.4 is 16.1 Å². The van der Waals surface area contributed by atoms with E-state index in [9.17, 15) is 24.3 Å². The van der Waals surface area contributed by atoms with Crippen LogP contribution in [0, 0.1) is 16.7 Å². The first kappa shape index (κ1) is 44.9. The molecule has 346 valence electrons. The third kappa shape index (κ3) is 8.65. The Balaban J connectivity index is 1.14. The fourth-order valence-corrected chi connectivity index (χ4v) is 11.5. The molecule has 4 fully saturated rings. The summed E-state index contributed by atoms with van der Waals surface area (Å²) in [5, 5.41) is 20.4. The molecule has 6 bridgehead atoms. The maximum Gasteiger partial charge on any atom is 0.324 e. The number of carbonyl (C=O) groups is 4. The number of hydrogen-bond acceptors (Lipinski definition) is 10. The van der Waals surface area contributed by atoms with Gasteiger partial charge in [-0.3, -0.25) is 29.2 Å². The van der Waals surface area contributed by atoms with Gasteiger partial charge in [0.05, 0.1) is 29.5 Å². The molecule has 1 unspecified atom stereocenters. The summed E-state index contributed by atoms with van der Waals surface area (Å²) in [6.07, 6.45) is 8.28. The number of pyridine rings is 1. The third-order valence-electron chi connectivity index (χ3n) is 14.9. The quantitative estimate of drug-likeness (QED) is 0.149. The van der Waals surface area contributed by atoms with Crippen molar-refractivity contribution in [2.24, 2.45) is 16.7 Å². The van der Waals surface area contributed by atoms with Crippen molar-refractivity contribution in [1.29, 1.82) is 0 Å². The molecule has 9 rings (SSSR count). The zero-order valence-electron chi connectivity index (χ0n) is 38.6. The number of cyclic esters (lactones) is 1. The molecule has 1 aliphatic carbocycles. The van der Waals surface area contributed by atoms with Gasteiger partial charge in [-0.2, -0.15) is 0 Å². The molecular weight excluding hydrogens is 823 g/mol. The van der Waals surface area contributed by atoms with E-state index in [1.54, 1.807) is 30.3 Å². The maximum atomic E-state index is 14.9. The van der Waals surface area contributed by atoms with Gasteiger partial charge in [0.2, 0.25) is 11.8 Å². The van der Waals surface area contributed by atoms with Gasteiger partial charge in [-0.05, 0) is 130 Å². The number of aryl methyl sites for hydroxylation is 1. The van der Waals surface area contributed by atoms with Crippen molar-refractivity contribution >= 4 is 34.6 Å². The molecule has 14 heteroatoms. The number of aromatic nitrogens is 2. The van der Waals surface area contributed by atoms with Crippen molar-refractivity contribution < 1.29 is 33.8 Å². The van der Waals surface area contributed by atoms with Crippen molar-refractivity contribution in [3.63, 3.8) is 0 Å². The van der Waals surface area contributed by atoms with Crippen LogP contribution in [0.25, 0.3) is 33.3 Å². The smallest absolute Gasteiger partial charge is 0.324 e. The first-order chi connectivity index (χ1) is 31.3. The van der Waals surface area contributed by atoms with Crippen molar-refractivity contribution in [2.45, 2.75) is 123 Å². The van der Waals surface area contributed by atoms with Crippen LogP contribution in [0.1, 0.15) is 102 Å². The second-order valence-electron chi connectivity index (χ2n) is 20.0. The van der Waals surface area contributed by atoms with Gasteiger partial charge in [-0.1, -0.05) is 38.8 Å². The highest BCUT2D eigenvalue weighted by Crippen LogP contribution is 2.44. The molecule has 65 heavy (non-hydrogen) atoms. The number of benzene rings is 2. The molecule has 3 amide bonds. The Morgan fingerprint density at radius 2 is 1.85 bits per heavy atom. The Labute approximate surface area is 381 Å². The Hall–Kier alpha value is -5.31. The maximum absolute atomic E-state index is 14.9. The molecule has 4 aromatic rings. The summed E-state index contributed by atoms with van der Waals surface area (Å²) in [5.74, 6) is -1.13. The molecule has 5 aliphatic rings. The Kier molecular flexibility index (Phi) is 12.5. The van der Waals surface area contributed by atoms with Gasteiger partial charge >= 0.3 is 5.97 Å². The lowest BCUT2D eigenvalue weighted by molar-refractivity contribution is -0.155. The molecule has 2 aromatic carbocycles. The average molecular weight is 888 g/mol. The minimum atomic E-state index is -1.07. The molecule has 4 N–H and O–H groups in total. The highest BCUT2D eigenvalue weighted by Gasteiger charge is 2.53. The van der Waals surface area contributed by atoms with Crippen molar-refractivity contribution in [2.75, 3.05) is 39.9 Å².